The van der Waals surface area contributed by atoms with Gasteiger partial charge in [-0.3, -0.25) is 10.1 Å². The first kappa shape index (κ1) is 17.0. The van der Waals surface area contributed by atoms with Crippen LogP contribution in [0, 0.1) is 16.0 Å². The van der Waals surface area contributed by atoms with Gasteiger partial charge in [-0.25, -0.2) is 13.1 Å². The fraction of sp³-hybridized carbons (Fsp3) is 0.600. The maximum absolute atomic E-state index is 12.7. The smallest absolute Gasteiger partial charge is 0.293 e. The molecular formula is C15H20N2O6S. The van der Waals surface area contributed by atoms with Crippen LogP contribution in [0.25, 0.3) is 0 Å². The second kappa shape index (κ2) is 6.56. The van der Waals surface area contributed by atoms with Gasteiger partial charge in [0.25, 0.3) is 5.69 Å². The number of fused-ring (bicyclic) bond motifs is 1. The Balaban J connectivity index is 1.98. The molecule has 1 aliphatic heterocycles. The van der Waals surface area contributed by atoms with E-state index in [0.29, 0.717) is 0 Å². The van der Waals surface area contributed by atoms with Crippen LogP contribution in [-0.4, -0.2) is 32.6 Å². The van der Waals surface area contributed by atoms with Gasteiger partial charge < -0.3 is 9.47 Å². The van der Waals surface area contributed by atoms with Crippen LogP contribution in [0.5, 0.6) is 11.5 Å². The Labute approximate surface area is 140 Å². The normalized spacial score (nSPS) is 23.7. The van der Waals surface area contributed by atoms with Gasteiger partial charge in [0, 0.05) is 12.1 Å². The van der Waals surface area contributed by atoms with E-state index >= 15 is 0 Å². The van der Waals surface area contributed by atoms with Crippen molar-refractivity contribution >= 4 is 15.7 Å². The molecule has 3 rings (SSSR count). The fourth-order valence-electron chi connectivity index (χ4n) is 3.17. The molecule has 1 aliphatic carbocycles. The SMILES string of the molecule is C[C@H]1CCCC[C@H]1NS(=O)(=O)c1cc2c(cc1[N+](=O)[O-])OCCO2. The van der Waals surface area contributed by atoms with E-state index in [1.165, 1.54) is 6.07 Å². The van der Waals surface area contributed by atoms with Gasteiger partial charge in [-0.15, -0.1) is 0 Å². The molecule has 0 bridgehead atoms. The minimum Gasteiger partial charge on any atom is -0.486 e. The Bertz CT molecular complexity index is 749. The summed E-state index contributed by atoms with van der Waals surface area (Å²) in [6.45, 7) is 2.54. The van der Waals surface area contributed by atoms with Crippen LogP contribution in [0.2, 0.25) is 0 Å². The zero-order valence-corrected chi connectivity index (χ0v) is 14.2. The standard InChI is InChI=1S/C15H20N2O6S/c1-10-4-2-3-5-11(10)16-24(20,21)15-9-14-13(22-6-7-23-14)8-12(15)17(18)19/h8-11,16H,2-7H2,1H3/t10-,11+/m0/s1. The molecule has 1 aromatic rings. The minimum atomic E-state index is -4.03. The molecule has 0 saturated heterocycles. The molecule has 0 aromatic heterocycles. The Morgan fingerprint density at radius 3 is 2.42 bits per heavy atom. The third-order valence-electron chi connectivity index (χ3n) is 4.53. The number of hydrogen-bond acceptors (Lipinski definition) is 6. The number of nitrogens with zero attached hydrogens (tertiary/aromatic N) is 1. The molecule has 2 atom stereocenters. The topological polar surface area (TPSA) is 108 Å². The zero-order valence-electron chi connectivity index (χ0n) is 13.4. The van der Waals surface area contributed by atoms with Gasteiger partial charge in [-0.05, 0) is 18.8 Å². The van der Waals surface area contributed by atoms with Crippen LogP contribution in [-0.2, 0) is 10.0 Å². The van der Waals surface area contributed by atoms with Crippen molar-refractivity contribution in [2.24, 2.45) is 5.92 Å². The lowest BCUT2D eigenvalue weighted by molar-refractivity contribution is -0.388. The Hall–Kier alpha value is -1.87. The minimum absolute atomic E-state index is 0.193. The van der Waals surface area contributed by atoms with E-state index in [0.717, 1.165) is 31.7 Å². The quantitative estimate of drug-likeness (QED) is 0.655. The summed E-state index contributed by atoms with van der Waals surface area (Å²) in [4.78, 5) is 10.2. The van der Waals surface area contributed by atoms with Gasteiger partial charge in [0.15, 0.2) is 16.4 Å². The van der Waals surface area contributed by atoms with Gasteiger partial charge in [0.1, 0.15) is 13.2 Å². The second-order valence-electron chi connectivity index (χ2n) is 6.21. The molecule has 9 heteroatoms. The summed E-state index contributed by atoms with van der Waals surface area (Å²) in [5, 5.41) is 11.3. The summed E-state index contributed by atoms with van der Waals surface area (Å²) >= 11 is 0. The number of sulfonamides is 1. The number of benzene rings is 1. The predicted octanol–water partition coefficient (Wildman–Crippen LogP) is 2.22. The average Bonchev–Trinajstić information content (AvgIpc) is 2.55. The van der Waals surface area contributed by atoms with Crippen LogP contribution in [0.15, 0.2) is 17.0 Å². The van der Waals surface area contributed by atoms with Crippen LogP contribution >= 0.6 is 0 Å². The van der Waals surface area contributed by atoms with Gasteiger partial charge in [-0.2, -0.15) is 0 Å². The number of nitrogens with one attached hydrogen (secondary N) is 1. The predicted molar refractivity (Wildman–Crippen MR) is 85.8 cm³/mol. The highest BCUT2D eigenvalue weighted by Gasteiger charge is 2.33. The molecule has 2 aliphatic rings. The molecule has 1 fully saturated rings. The molecule has 0 spiro atoms. The Morgan fingerprint density at radius 2 is 1.79 bits per heavy atom. The summed E-state index contributed by atoms with van der Waals surface area (Å²) < 4.78 is 38.8. The lowest BCUT2D eigenvalue weighted by Crippen LogP contribution is -2.41. The van der Waals surface area contributed by atoms with Crippen LogP contribution < -0.4 is 14.2 Å². The van der Waals surface area contributed by atoms with Crippen LogP contribution in [0.4, 0.5) is 5.69 Å². The van der Waals surface area contributed by atoms with E-state index in [4.69, 9.17) is 9.47 Å². The molecule has 1 N–H and O–H groups in total. The number of nitro groups is 1. The molecule has 0 radical (unpaired) electrons. The Kier molecular flexibility index (Phi) is 4.64. The van der Waals surface area contributed by atoms with E-state index in [2.05, 4.69) is 4.72 Å². The van der Waals surface area contributed by atoms with E-state index in [1.807, 2.05) is 6.92 Å². The van der Waals surface area contributed by atoms with Crippen molar-refractivity contribution in [1.82, 2.24) is 4.72 Å². The highest BCUT2D eigenvalue weighted by Crippen LogP contribution is 2.39. The number of nitro benzene ring substituents is 1. The van der Waals surface area contributed by atoms with Gasteiger partial charge >= 0.3 is 0 Å². The number of ether oxygens (including phenoxy) is 2. The van der Waals surface area contributed by atoms with Crippen molar-refractivity contribution in [2.75, 3.05) is 13.2 Å². The molecule has 132 valence electrons. The number of hydrogen-bond donors (Lipinski definition) is 1. The molecule has 1 aromatic carbocycles. The summed E-state index contributed by atoms with van der Waals surface area (Å²) in [7, 11) is -4.03. The Morgan fingerprint density at radius 1 is 1.17 bits per heavy atom. The first-order valence-electron chi connectivity index (χ1n) is 7.99. The van der Waals surface area contributed by atoms with Gasteiger partial charge in [0.05, 0.1) is 11.0 Å². The largest absolute Gasteiger partial charge is 0.486 e. The first-order valence-corrected chi connectivity index (χ1v) is 9.47. The third kappa shape index (κ3) is 3.32. The van der Waals surface area contributed by atoms with Crippen LogP contribution in [0.3, 0.4) is 0 Å². The lowest BCUT2D eigenvalue weighted by atomic mass is 9.87. The molecule has 24 heavy (non-hydrogen) atoms. The molecule has 1 heterocycles. The van der Waals surface area contributed by atoms with Crippen molar-refractivity contribution in [3.8, 4) is 11.5 Å². The van der Waals surface area contributed by atoms with Crippen molar-refractivity contribution in [1.29, 1.82) is 0 Å². The third-order valence-corrected chi connectivity index (χ3v) is 6.05. The van der Waals surface area contributed by atoms with Crippen molar-refractivity contribution in [3.05, 3.63) is 22.2 Å². The molecule has 8 nitrogen and oxygen atoms in total. The highest BCUT2D eigenvalue weighted by molar-refractivity contribution is 7.89. The highest BCUT2D eigenvalue weighted by atomic mass is 32.2. The monoisotopic (exact) mass is 356 g/mol. The van der Waals surface area contributed by atoms with E-state index in [-0.39, 0.29) is 41.6 Å². The molecular weight excluding hydrogens is 336 g/mol. The second-order valence-corrected chi connectivity index (χ2v) is 7.89. The summed E-state index contributed by atoms with van der Waals surface area (Å²) in [5.74, 6) is 0.603. The fourth-order valence-corrected chi connectivity index (χ4v) is 4.72. The summed E-state index contributed by atoms with van der Waals surface area (Å²) in [5.41, 5.74) is -0.504. The van der Waals surface area contributed by atoms with E-state index in [9.17, 15) is 18.5 Å². The van der Waals surface area contributed by atoms with Crippen molar-refractivity contribution in [3.63, 3.8) is 0 Å². The lowest BCUT2D eigenvalue weighted by Gasteiger charge is -2.29. The molecule has 1 saturated carbocycles. The zero-order chi connectivity index (χ0) is 17.3. The van der Waals surface area contributed by atoms with Gasteiger partial charge in [-0.1, -0.05) is 19.8 Å². The maximum atomic E-state index is 12.7. The van der Waals surface area contributed by atoms with Crippen molar-refractivity contribution in [2.45, 2.75) is 43.5 Å². The summed E-state index contributed by atoms with van der Waals surface area (Å²) in [6, 6.07) is 2.09. The van der Waals surface area contributed by atoms with Crippen molar-refractivity contribution < 1.29 is 22.8 Å². The maximum Gasteiger partial charge on any atom is 0.293 e. The summed E-state index contributed by atoms with van der Waals surface area (Å²) in [6.07, 6.45) is 3.69. The number of rotatable bonds is 4. The first-order chi connectivity index (χ1) is 11.4. The average molecular weight is 356 g/mol. The molecule has 0 unspecified atom stereocenters. The van der Waals surface area contributed by atoms with Gasteiger partial charge in [0.2, 0.25) is 10.0 Å². The molecule has 0 amide bonds. The van der Waals surface area contributed by atoms with E-state index in [1.54, 1.807) is 0 Å². The van der Waals surface area contributed by atoms with E-state index < -0.39 is 20.6 Å². The van der Waals surface area contributed by atoms with Crippen LogP contribution in [0.1, 0.15) is 32.6 Å².